The molecule has 1 aliphatic rings. The van der Waals surface area contributed by atoms with Crippen LogP contribution in [0.5, 0.6) is 0 Å². The highest BCUT2D eigenvalue weighted by Crippen LogP contribution is 2.38. The van der Waals surface area contributed by atoms with E-state index in [1.807, 2.05) is 12.1 Å². The van der Waals surface area contributed by atoms with Crippen LogP contribution in [0.3, 0.4) is 0 Å². The predicted molar refractivity (Wildman–Crippen MR) is 81.1 cm³/mol. The van der Waals surface area contributed by atoms with Gasteiger partial charge in [-0.25, -0.2) is 0 Å². The molecule has 4 heteroatoms. The van der Waals surface area contributed by atoms with E-state index in [0.717, 1.165) is 30.8 Å². The Morgan fingerprint density at radius 1 is 1.10 bits per heavy atom. The largest absolute Gasteiger partial charge is 0.397 e. The summed E-state index contributed by atoms with van der Waals surface area (Å²) >= 11 is 0. The van der Waals surface area contributed by atoms with Crippen LogP contribution in [-0.2, 0) is 6.42 Å². The van der Waals surface area contributed by atoms with Gasteiger partial charge in [0.1, 0.15) is 0 Å². The third-order valence-electron chi connectivity index (χ3n) is 3.71. The number of amides is 1. The minimum atomic E-state index is -0.449. The van der Waals surface area contributed by atoms with Gasteiger partial charge in [0.15, 0.2) is 0 Å². The number of hydrogen-bond donors (Lipinski definition) is 2. The molecule has 20 heavy (non-hydrogen) atoms. The maximum atomic E-state index is 11.7. The number of carbonyl (C=O) groups excluding carboxylic acids is 1. The van der Waals surface area contributed by atoms with Gasteiger partial charge in [0, 0.05) is 12.2 Å². The highest BCUT2D eigenvalue weighted by atomic mass is 16.1. The Labute approximate surface area is 118 Å². The van der Waals surface area contributed by atoms with Crippen molar-refractivity contribution in [2.24, 2.45) is 5.73 Å². The van der Waals surface area contributed by atoms with Crippen molar-refractivity contribution in [3.63, 3.8) is 0 Å². The molecular formula is C16H17N3O. The SMILES string of the molecule is NC(=O)c1cccc(N)c1N1CCCc2ccccc21. The molecule has 0 saturated carbocycles. The number of fused-ring (bicyclic) bond motifs is 1. The Kier molecular flexibility index (Phi) is 3.06. The summed E-state index contributed by atoms with van der Waals surface area (Å²) < 4.78 is 0. The Hall–Kier alpha value is -2.49. The number of anilines is 3. The van der Waals surface area contributed by atoms with Gasteiger partial charge in [-0.05, 0) is 36.6 Å². The highest BCUT2D eigenvalue weighted by Gasteiger charge is 2.23. The van der Waals surface area contributed by atoms with Gasteiger partial charge in [0.05, 0.1) is 16.9 Å². The molecule has 1 heterocycles. The van der Waals surface area contributed by atoms with Gasteiger partial charge in [-0.1, -0.05) is 24.3 Å². The van der Waals surface area contributed by atoms with E-state index in [0.29, 0.717) is 11.3 Å². The number of nitrogens with two attached hydrogens (primary N) is 2. The average Bonchev–Trinajstić information content (AvgIpc) is 2.46. The number of hydrogen-bond acceptors (Lipinski definition) is 3. The number of aryl methyl sites for hydroxylation is 1. The zero-order chi connectivity index (χ0) is 14.1. The van der Waals surface area contributed by atoms with E-state index >= 15 is 0 Å². The van der Waals surface area contributed by atoms with Crippen LogP contribution in [0.1, 0.15) is 22.3 Å². The fourth-order valence-corrected chi connectivity index (χ4v) is 2.83. The Balaban J connectivity index is 2.18. The molecule has 0 aliphatic carbocycles. The van der Waals surface area contributed by atoms with Gasteiger partial charge < -0.3 is 16.4 Å². The summed E-state index contributed by atoms with van der Waals surface area (Å²) in [5.74, 6) is -0.449. The topological polar surface area (TPSA) is 72.3 Å². The third-order valence-corrected chi connectivity index (χ3v) is 3.71. The van der Waals surface area contributed by atoms with Crippen molar-refractivity contribution in [2.75, 3.05) is 17.2 Å². The number of primary amides is 1. The lowest BCUT2D eigenvalue weighted by Crippen LogP contribution is -2.28. The van der Waals surface area contributed by atoms with Crippen molar-refractivity contribution in [3.05, 3.63) is 53.6 Å². The summed E-state index contributed by atoms with van der Waals surface area (Å²) in [6.45, 7) is 0.839. The Bertz CT molecular complexity index is 667. The lowest BCUT2D eigenvalue weighted by molar-refractivity contribution is 0.100. The normalized spacial score (nSPS) is 13.9. The van der Waals surface area contributed by atoms with E-state index < -0.39 is 5.91 Å². The number of benzene rings is 2. The molecule has 102 valence electrons. The van der Waals surface area contributed by atoms with Crippen molar-refractivity contribution < 1.29 is 4.79 Å². The minimum Gasteiger partial charge on any atom is -0.397 e. The van der Waals surface area contributed by atoms with E-state index in [2.05, 4.69) is 17.0 Å². The van der Waals surface area contributed by atoms with E-state index in [1.165, 1.54) is 5.56 Å². The van der Waals surface area contributed by atoms with Crippen LogP contribution in [0.25, 0.3) is 0 Å². The molecule has 2 aromatic carbocycles. The zero-order valence-electron chi connectivity index (χ0n) is 11.2. The van der Waals surface area contributed by atoms with Crippen LogP contribution < -0.4 is 16.4 Å². The first-order valence-corrected chi connectivity index (χ1v) is 6.72. The Morgan fingerprint density at radius 2 is 1.90 bits per heavy atom. The van der Waals surface area contributed by atoms with Gasteiger partial charge in [0.25, 0.3) is 5.91 Å². The molecule has 0 fully saturated rings. The molecule has 2 aromatic rings. The second-order valence-electron chi connectivity index (χ2n) is 4.99. The smallest absolute Gasteiger partial charge is 0.250 e. The van der Waals surface area contributed by atoms with Crippen LogP contribution in [0.4, 0.5) is 17.1 Å². The van der Waals surface area contributed by atoms with Gasteiger partial charge in [-0.15, -0.1) is 0 Å². The molecule has 3 rings (SSSR count). The molecule has 0 unspecified atom stereocenters. The molecule has 4 nitrogen and oxygen atoms in total. The predicted octanol–water partition coefficient (Wildman–Crippen LogP) is 2.45. The standard InChI is InChI=1S/C16H17N3O/c17-13-8-3-7-12(16(18)20)15(13)19-10-4-6-11-5-1-2-9-14(11)19/h1-3,5,7-9H,4,6,10,17H2,(H2,18,20). The number of nitrogens with zero attached hydrogens (tertiary/aromatic N) is 1. The number of nitrogen functional groups attached to an aromatic ring is 1. The summed E-state index contributed by atoms with van der Waals surface area (Å²) in [4.78, 5) is 13.8. The lowest BCUT2D eigenvalue weighted by atomic mass is 9.99. The van der Waals surface area contributed by atoms with Gasteiger partial charge >= 0.3 is 0 Å². The molecule has 4 N–H and O–H groups in total. The summed E-state index contributed by atoms with van der Waals surface area (Å²) in [6, 6.07) is 13.5. The first kappa shape index (κ1) is 12.5. The molecule has 0 bridgehead atoms. The zero-order valence-corrected chi connectivity index (χ0v) is 11.2. The van der Waals surface area contributed by atoms with Crippen molar-refractivity contribution in [1.82, 2.24) is 0 Å². The molecule has 0 spiro atoms. The third kappa shape index (κ3) is 1.99. The monoisotopic (exact) mass is 267 g/mol. The molecule has 1 amide bonds. The summed E-state index contributed by atoms with van der Waals surface area (Å²) in [5, 5.41) is 0. The van der Waals surface area contributed by atoms with Crippen LogP contribution in [-0.4, -0.2) is 12.5 Å². The molecule has 0 radical (unpaired) electrons. The molecule has 0 atom stereocenters. The lowest BCUT2D eigenvalue weighted by Gasteiger charge is -2.33. The molecule has 0 saturated heterocycles. The quantitative estimate of drug-likeness (QED) is 0.821. The number of carbonyl (C=O) groups is 1. The van der Waals surface area contributed by atoms with E-state index in [1.54, 1.807) is 18.2 Å². The average molecular weight is 267 g/mol. The second kappa shape index (κ2) is 4.89. The number of rotatable bonds is 2. The van der Waals surface area contributed by atoms with E-state index in [-0.39, 0.29) is 0 Å². The maximum absolute atomic E-state index is 11.7. The summed E-state index contributed by atoms with van der Waals surface area (Å²) in [6.07, 6.45) is 2.08. The fraction of sp³-hybridized carbons (Fsp3) is 0.188. The molecular weight excluding hydrogens is 250 g/mol. The number of para-hydroxylation sites is 2. The van der Waals surface area contributed by atoms with Gasteiger partial charge in [-0.3, -0.25) is 4.79 Å². The van der Waals surface area contributed by atoms with Gasteiger partial charge in [-0.2, -0.15) is 0 Å². The van der Waals surface area contributed by atoms with Crippen LogP contribution in [0.15, 0.2) is 42.5 Å². The minimum absolute atomic E-state index is 0.449. The van der Waals surface area contributed by atoms with Crippen molar-refractivity contribution in [2.45, 2.75) is 12.8 Å². The van der Waals surface area contributed by atoms with Crippen LogP contribution in [0, 0.1) is 0 Å². The van der Waals surface area contributed by atoms with Crippen molar-refractivity contribution in [1.29, 1.82) is 0 Å². The van der Waals surface area contributed by atoms with Crippen LogP contribution >= 0.6 is 0 Å². The first-order valence-electron chi connectivity index (χ1n) is 6.72. The van der Waals surface area contributed by atoms with Gasteiger partial charge in [0.2, 0.25) is 0 Å². The summed E-state index contributed by atoms with van der Waals surface area (Å²) in [5.41, 5.74) is 15.8. The fourth-order valence-electron chi connectivity index (χ4n) is 2.83. The summed E-state index contributed by atoms with van der Waals surface area (Å²) in [7, 11) is 0. The maximum Gasteiger partial charge on any atom is 0.250 e. The van der Waals surface area contributed by atoms with Crippen molar-refractivity contribution in [3.8, 4) is 0 Å². The van der Waals surface area contributed by atoms with E-state index in [9.17, 15) is 4.79 Å². The highest BCUT2D eigenvalue weighted by molar-refractivity contribution is 6.02. The second-order valence-corrected chi connectivity index (χ2v) is 4.99. The van der Waals surface area contributed by atoms with Crippen LogP contribution in [0.2, 0.25) is 0 Å². The first-order chi connectivity index (χ1) is 9.68. The van der Waals surface area contributed by atoms with E-state index in [4.69, 9.17) is 11.5 Å². The molecule has 0 aromatic heterocycles. The van der Waals surface area contributed by atoms with Crippen molar-refractivity contribution >= 4 is 23.0 Å². The molecule has 1 aliphatic heterocycles. The Morgan fingerprint density at radius 3 is 2.70 bits per heavy atom.